The van der Waals surface area contributed by atoms with E-state index in [2.05, 4.69) is 39.1 Å². The lowest BCUT2D eigenvalue weighted by molar-refractivity contribution is 0.353. The number of ether oxygens (including phenoxy) is 2. The van der Waals surface area contributed by atoms with E-state index in [1.165, 1.54) is 16.8 Å². The van der Waals surface area contributed by atoms with Crippen molar-refractivity contribution in [2.45, 2.75) is 13.0 Å². The highest BCUT2D eigenvalue weighted by atomic mass is 16.5. The van der Waals surface area contributed by atoms with Crippen LogP contribution < -0.4 is 14.4 Å². The summed E-state index contributed by atoms with van der Waals surface area (Å²) in [6.07, 6.45) is 8.39. The molecule has 0 spiro atoms. The van der Waals surface area contributed by atoms with E-state index < -0.39 is 0 Å². The second kappa shape index (κ2) is 7.04. The van der Waals surface area contributed by atoms with Gasteiger partial charge in [0.1, 0.15) is 0 Å². The van der Waals surface area contributed by atoms with Crippen LogP contribution in [0, 0.1) is 0 Å². The first kappa shape index (κ1) is 16.4. The maximum Gasteiger partial charge on any atom is 0.161 e. The van der Waals surface area contributed by atoms with Gasteiger partial charge in [0.2, 0.25) is 0 Å². The first-order valence-electron chi connectivity index (χ1n) is 8.63. The molecule has 0 atom stereocenters. The average Bonchev–Trinajstić information content (AvgIpc) is 2.73. The molecule has 1 aliphatic heterocycles. The molecule has 0 bridgehead atoms. The van der Waals surface area contributed by atoms with Gasteiger partial charge in [0, 0.05) is 54.7 Å². The van der Waals surface area contributed by atoms with Gasteiger partial charge in [-0.3, -0.25) is 9.97 Å². The first-order valence-corrected chi connectivity index (χ1v) is 8.63. The molecule has 0 amide bonds. The van der Waals surface area contributed by atoms with Gasteiger partial charge in [-0.1, -0.05) is 6.07 Å². The van der Waals surface area contributed by atoms with Gasteiger partial charge in [-0.05, 0) is 41.8 Å². The van der Waals surface area contributed by atoms with E-state index in [0.717, 1.165) is 42.1 Å². The van der Waals surface area contributed by atoms with Crippen LogP contribution in [0.15, 0.2) is 55.1 Å². The minimum atomic E-state index is 0.773. The fourth-order valence-corrected chi connectivity index (χ4v) is 3.50. The number of benzene rings is 1. The summed E-state index contributed by atoms with van der Waals surface area (Å²) in [6, 6.07) is 10.3. The van der Waals surface area contributed by atoms with Crippen molar-refractivity contribution in [3.63, 3.8) is 0 Å². The molecule has 3 heterocycles. The zero-order valence-electron chi connectivity index (χ0n) is 15.0. The van der Waals surface area contributed by atoms with Gasteiger partial charge in [0.15, 0.2) is 11.5 Å². The van der Waals surface area contributed by atoms with Crippen LogP contribution in [0.2, 0.25) is 0 Å². The van der Waals surface area contributed by atoms with Crippen LogP contribution in [-0.2, 0) is 13.0 Å². The number of nitrogens with zero attached hydrogens (tertiary/aromatic N) is 3. The Hall–Kier alpha value is -3.08. The van der Waals surface area contributed by atoms with Crippen molar-refractivity contribution in [2.24, 2.45) is 0 Å². The van der Waals surface area contributed by atoms with Crippen LogP contribution in [-0.4, -0.2) is 30.7 Å². The van der Waals surface area contributed by atoms with Gasteiger partial charge in [-0.25, -0.2) is 0 Å². The van der Waals surface area contributed by atoms with Crippen LogP contribution in [0.5, 0.6) is 11.5 Å². The SMILES string of the molecule is COc1cc2c(cc1OC)CN(c1ccncc1-c1cccnc1)CC2. The van der Waals surface area contributed by atoms with Crippen molar-refractivity contribution in [1.29, 1.82) is 0 Å². The topological polar surface area (TPSA) is 47.5 Å². The zero-order valence-corrected chi connectivity index (χ0v) is 15.0. The van der Waals surface area contributed by atoms with Gasteiger partial charge in [-0.15, -0.1) is 0 Å². The Morgan fingerprint density at radius 3 is 2.42 bits per heavy atom. The monoisotopic (exact) mass is 347 g/mol. The van der Waals surface area contributed by atoms with Gasteiger partial charge < -0.3 is 14.4 Å². The molecule has 0 aliphatic carbocycles. The molecular formula is C21H21N3O2. The average molecular weight is 347 g/mol. The molecule has 1 aliphatic rings. The molecule has 1 aromatic carbocycles. The van der Waals surface area contributed by atoms with Gasteiger partial charge in [0.05, 0.1) is 14.2 Å². The predicted octanol–water partition coefficient (Wildman–Crippen LogP) is 3.72. The number of pyridine rings is 2. The predicted molar refractivity (Wildman–Crippen MR) is 102 cm³/mol. The maximum absolute atomic E-state index is 5.47. The third-order valence-corrected chi connectivity index (χ3v) is 4.83. The van der Waals surface area contributed by atoms with Gasteiger partial charge in [0.25, 0.3) is 0 Å². The third-order valence-electron chi connectivity index (χ3n) is 4.83. The van der Waals surface area contributed by atoms with Crippen molar-refractivity contribution in [3.05, 3.63) is 66.2 Å². The molecule has 4 rings (SSSR count). The molecule has 0 saturated carbocycles. The summed E-state index contributed by atoms with van der Waals surface area (Å²) >= 11 is 0. The fourth-order valence-electron chi connectivity index (χ4n) is 3.50. The lowest BCUT2D eigenvalue weighted by Crippen LogP contribution is -2.30. The summed E-state index contributed by atoms with van der Waals surface area (Å²) in [4.78, 5) is 11.0. The van der Waals surface area contributed by atoms with E-state index in [4.69, 9.17) is 9.47 Å². The number of aromatic nitrogens is 2. The highest BCUT2D eigenvalue weighted by Crippen LogP contribution is 2.36. The molecule has 0 unspecified atom stereocenters. The molecule has 2 aromatic heterocycles. The third kappa shape index (κ3) is 2.96. The number of fused-ring (bicyclic) bond motifs is 1. The number of hydrogen-bond acceptors (Lipinski definition) is 5. The van der Waals surface area contributed by atoms with Crippen LogP contribution >= 0.6 is 0 Å². The Labute approximate surface area is 153 Å². The Bertz CT molecular complexity index is 912. The van der Waals surface area contributed by atoms with E-state index in [9.17, 15) is 0 Å². The van der Waals surface area contributed by atoms with Gasteiger partial charge in [-0.2, -0.15) is 0 Å². The molecule has 0 radical (unpaired) electrons. The van der Waals surface area contributed by atoms with Crippen molar-refractivity contribution in [3.8, 4) is 22.6 Å². The molecule has 26 heavy (non-hydrogen) atoms. The van der Waals surface area contributed by atoms with E-state index in [1.807, 2.05) is 24.7 Å². The summed E-state index contributed by atoms with van der Waals surface area (Å²) in [5.74, 6) is 1.56. The lowest BCUT2D eigenvalue weighted by Gasteiger charge is -2.32. The second-order valence-electron chi connectivity index (χ2n) is 6.28. The van der Waals surface area contributed by atoms with Crippen molar-refractivity contribution >= 4 is 5.69 Å². The second-order valence-corrected chi connectivity index (χ2v) is 6.28. The highest BCUT2D eigenvalue weighted by molar-refractivity contribution is 5.77. The molecule has 132 valence electrons. The lowest BCUT2D eigenvalue weighted by atomic mass is 9.97. The number of anilines is 1. The van der Waals surface area contributed by atoms with E-state index in [-0.39, 0.29) is 0 Å². The quantitative estimate of drug-likeness (QED) is 0.720. The Morgan fingerprint density at radius 2 is 1.69 bits per heavy atom. The molecule has 5 heteroatoms. The van der Waals surface area contributed by atoms with E-state index in [1.54, 1.807) is 20.4 Å². The molecule has 0 N–H and O–H groups in total. The maximum atomic E-state index is 5.47. The fraction of sp³-hybridized carbons (Fsp3) is 0.238. The Morgan fingerprint density at radius 1 is 0.923 bits per heavy atom. The molecule has 3 aromatic rings. The molecule has 5 nitrogen and oxygen atoms in total. The van der Waals surface area contributed by atoms with E-state index in [0.29, 0.717) is 0 Å². The minimum absolute atomic E-state index is 0.773. The Balaban J connectivity index is 1.70. The van der Waals surface area contributed by atoms with E-state index >= 15 is 0 Å². The summed E-state index contributed by atoms with van der Waals surface area (Å²) in [7, 11) is 3.35. The van der Waals surface area contributed by atoms with Crippen LogP contribution in [0.3, 0.4) is 0 Å². The summed E-state index contributed by atoms with van der Waals surface area (Å²) < 4.78 is 10.9. The summed E-state index contributed by atoms with van der Waals surface area (Å²) in [6.45, 7) is 1.77. The Kier molecular flexibility index (Phi) is 4.44. The zero-order chi connectivity index (χ0) is 17.9. The van der Waals surface area contributed by atoms with Crippen molar-refractivity contribution < 1.29 is 9.47 Å². The number of rotatable bonds is 4. The van der Waals surface area contributed by atoms with Crippen molar-refractivity contribution in [2.75, 3.05) is 25.7 Å². The first-order chi connectivity index (χ1) is 12.8. The highest BCUT2D eigenvalue weighted by Gasteiger charge is 2.21. The standard InChI is InChI=1S/C21H21N3O2/c1-25-20-10-15-6-9-24(14-17(15)11-21(20)26-2)19-5-8-23-13-18(19)16-4-3-7-22-12-16/h3-5,7-8,10-13H,6,9,14H2,1-2H3. The van der Waals surface area contributed by atoms with Crippen LogP contribution in [0.1, 0.15) is 11.1 Å². The largest absolute Gasteiger partial charge is 0.493 e. The normalized spacial score (nSPS) is 13.2. The van der Waals surface area contributed by atoms with Crippen molar-refractivity contribution in [1.82, 2.24) is 9.97 Å². The summed E-state index contributed by atoms with van der Waals surface area (Å²) in [5.41, 5.74) is 5.94. The smallest absolute Gasteiger partial charge is 0.161 e. The molecular weight excluding hydrogens is 326 g/mol. The number of methoxy groups -OCH3 is 2. The molecule has 0 fully saturated rings. The van der Waals surface area contributed by atoms with Gasteiger partial charge >= 0.3 is 0 Å². The number of hydrogen-bond donors (Lipinski definition) is 0. The van der Waals surface area contributed by atoms with Crippen LogP contribution in [0.25, 0.3) is 11.1 Å². The summed E-state index contributed by atoms with van der Waals surface area (Å²) in [5, 5.41) is 0. The van der Waals surface area contributed by atoms with Crippen LogP contribution in [0.4, 0.5) is 5.69 Å². The molecule has 0 saturated heterocycles. The minimum Gasteiger partial charge on any atom is -0.493 e.